The number of piperidine rings is 1. The summed E-state index contributed by atoms with van der Waals surface area (Å²) in [5, 5.41) is 0.500. The Bertz CT molecular complexity index is 588. The van der Waals surface area contributed by atoms with Gasteiger partial charge in [0.05, 0.1) is 11.6 Å². The van der Waals surface area contributed by atoms with Crippen LogP contribution in [0.3, 0.4) is 0 Å². The predicted octanol–water partition coefficient (Wildman–Crippen LogP) is 2.91. The zero-order chi connectivity index (χ0) is 15.4. The van der Waals surface area contributed by atoms with Crippen molar-refractivity contribution < 1.29 is 4.79 Å². The number of rotatable bonds is 1. The number of nitrogens with zero attached hydrogens (tertiary/aromatic N) is 1. The third kappa shape index (κ3) is 3.78. The van der Waals surface area contributed by atoms with Gasteiger partial charge in [-0.05, 0) is 43.9 Å². The van der Waals surface area contributed by atoms with Crippen LogP contribution in [0.1, 0.15) is 42.6 Å². The van der Waals surface area contributed by atoms with Crippen molar-refractivity contribution in [2.75, 3.05) is 13.1 Å². The molecule has 2 N–H and O–H groups in total. The van der Waals surface area contributed by atoms with E-state index in [1.807, 2.05) is 4.90 Å². The monoisotopic (exact) mass is 304 g/mol. The van der Waals surface area contributed by atoms with Crippen molar-refractivity contribution in [3.8, 4) is 11.8 Å². The average molecular weight is 305 g/mol. The highest BCUT2D eigenvalue weighted by atomic mass is 35.5. The van der Waals surface area contributed by atoms with E-state index in [1.165, 1.54) is 0 Å². The Morgan fingerprint density at radius 2 is 2.24 bits per heavy atom. The van der Waals surface area contributed by atoms with Crippen molar-refractivity contribution in [1.29, 1.82) is 0 Å². The molecule has 112 valence electrons. The number of hydrogen-bond acceptors (Lipinski definition) is 2. The maximum atomic E-state index is 12.6. The molecule has 0 bridgehead atoms. The third-order valence-corrected chi connectivity index (χ3v) is 4.25. The number of amides is 1. The zero-order valence-corrected chi connectivity index (χ0v) is 13.3. The van der Waals surface area contributed by atoms with Gasteiger partial charge in [0.2, 0.25) is 0 Å². The molecule has 1 heterocycles. The van der Waals surface area contributed by atoms with E-state index < -0.39 is 0 Å². The van der Waals surface area contributed by atoms with Crippen molar-refractivity contribution in [3.63, 3.8) is 0 Å². The Balaban J connectivity index is 2.18. The summed E-state index contributed by atoms with van der Waals surface area (Å²) in [7, 11) is 0. The highest BCUT2D eigenvalue weighted by Crippen LogP contribution is 2.25. The van der Waals surface area contributed by atoms with Crippen LogP contribution in [0.4, 0.5) is 0 Å². The molecule has 2 rings (SSSR count). The molecule has 2 unspecified atom stereocenters. The van der Waals surface area contributed by atoms with Crippen molar-refractivity contribution in [3.05, 3.63) is 34.3 Å². The molecule has 1 aliphatic rings. The molecule has 4 heteroatoms. The molecular formula is C17H21ClN2O. The first-order valence-corrected chi connectivity index (χ1v) is 7.70. The largest absolute Gasteiger partial charge is 0.336 e. The van der Waals surface area contributed by atoms with Crippen LogP contribution in [0.2, 0.25) is 5.02 Å². The molecule has 1 aliphatic heterocycles. The quantitative estimate of drug-likeness (QED) is 0.811. The molecule has 21 heavy (non-hydrogen) atoms. The first-order chi connectivity index (χ1) is 10.0. The minimum Gasteiger partial charge on any atom is -0.336 e. The van der Waals surface area contributed by atoms with Crippen LogP contribution in [0.15, 0.2) is 18.2 Å². The van der Waals surface area contributed by atoms with Gasteiger partial charge in [-0.25, -0.2) is 0 Å². The van der Waals surface area contributed by atoms with E-state index in [9.17, 15) is 4.79 Å². The van der Waals surface area contributed by atoms with E-state index in [-0.39, 0.29) is 11.9 Å². The Morgan fingerprint density at radius 1 is 1.48 bits per heavy atom. The smallest absolute Gasteiger partial charge is 0.254 e. The standard InChI is InChI=1S/C17H21ClN2O/c1-12-7-9-20(13(2)10-12)17(21)15-6-5-14(4-3-8-19)16(18)11-15/h5-6,11-13H,7-10,19H2,1-2H3. The summed E-state index contributed by atoms with van der Waals surface area (Å²) in [5.41, 5.74) is 6.68. The molecule has 0 aliphatic carbocycles. The maximum absolute atomic E-state index is 12.6. The summed E-state index contributed by atoms with van der Waals surface area (Å²) in [4.78, 5) is 14.5. The minimum absolute atomic E-state index is 0.0506. The second-order valence-corrected chi connectivity index (χ2v) is 6.08. The van der Waals surface area contributed by atoms with Gasteiger partial charge in [-0.3, -0.25) is 4.79 Å². The third-order valence-electron chi connectivity index (χ3n) is 3.94. The van der Waals surface area contributed by atoms with Crippen LogP contribution >= 0.6 is 11.6 Å². The van der Waals surface area contributed by atoms with Crippen LogP contribution in [0.25, 0.3) is 0 Å². The molecule has 1 aromatic carbocycles. The fraction of sp³-hybridized carbons (Fsp3) is 0.471. The topological polar surface area (TPSA) is 46.3 Å². The number of carbonyl (C=O) groups is 1. The molecule has 3 nitrogen and oxygen atoms in total. The van der Waals surface area contributed by atoms with Crippen molar-refractivity contribution in [2.24, 2.45) is 11.7 Å². The van der Waals surface area contributed by atoms with Gasteiger partial charge in [-0.15, -0.1) is 0 Å². The van der Waals surface area contributed by atoms with Crippen molar-refractivity contribution >= 4 is 17.5 Å². The lowest BCUT2D eigenvalue weighted by atomic mass is 9.93. The van der Waals surface area contributed by atoms with Gasteiger partial charge in [0.25, 0.3) is 5.91 Å². The highest BCUT2D eigenvalue weighted by molar-refractivity contribution is 6.32. The summed E-state index contributed by atoms with van der Waals surface area (Å²) >= 11 is 6.19. The van der Waals surface area contributed by atoms with Gasteiger partial charge in [0.1, 0.15) is 0 Å². The molecule has 0 radical (unpaired) electrons. The van der Waals surface area contributed by atoms with Gasteiger partial charge in [-0.1, -0.05) is 30.4 Å². The number of carbonyl (C=O) groups excluding carboxylic acids is 1. The number of benzene rings is 1. The van der Waals surface area contributed by atoms with Gasteiger partial charge in [-0.2, -0.15) is 0 Å². The first-order valence-electron chi connectivity index (χ1n) is 7.32. The predicted molar refractivity (Wildman–Crippen MR) is 86.3 cm³/mol. The van der Waals surface area contributed by atoms with Crippen LogP contribution in [-0.4, -0.2) is 29.9 Å². The fourth-order valence-electron chi connectivity index (χ4n) is 2.77. The lowest BCUT2D eigenvalue weighted by Gasteiger charge is -2.36. The summed E-state index contributed by atoms with van der Waals surface area (Å²) in [5.74, 6) is 6.40. The number of likely N-dealkylation sites (tertiary alicyclic amines) is 1. The molecule has 1 amide bonds. The summed E-state index contributed by atoms with van der Waals surface area (Å²) in [6, 6.07) is 5.56. The lowest BCUT2D eigenvalue weighted by Crippen LogP contribution is -2.44. The fourth-order valence-corrected chi connectivity index (χ4v) is 3.00. The van der Waals surface area contributed by atoms with Gasteiger partial charge in [0, 0.05) is 23.7 Å². The Morgan fingerprint density at radius 3 is 2.86 bits per heavy atom. The molecule has 1 aromatic rings. The maximum Gasteiger partial charge on any atom is 0.254 e. The van der Waals surface area contributed by atoms with E-state index in [1.54, 1.807) is 18.2 Å². The molecular weight excluding hydrogens is 284 g/mol. The Kier molecular flexibility index (Phi) is 5.27. The van der Waals surface area contributed by atoms with Crippen molar-refractivity contribution in [2.45, 2.75) is 32.7 Å². The van der Waals surface area contributed by atoms with Crippen LogP contribution in [-0.2, 0) is 0 Å². The zero-order valence-electron chi connectivity index (χ0n) is 12.5. The SMILES string of the molecule is CC1CCN(C(=O)c2ccc(C#CCN)c(Cl)c2)C(C)C1. The lowest BCUT2D eigenvalue weighted by molar-refractivity contribution is 0.0588. The Hall–Kier alpha value is -1.50. The van der Waals surface area contributed by atoms with E-state index >= 15 is 0 Å². The van der Waals surface area contributed by atoms with Crippen LogP contribution < -0.4 is 5.73 Å². The molecule has 1 fully saturated rings. The second-order valence-electron chi connectivity index (χ2n) is 5.68. The van der Waals surface area contributed by atoms with E-state index in [4.69, 9.17) is 17.3 Å². The van der Waals surface area contributed by atoms with Gasteiger partial charge in [0.15, 0.2) is 0 Å². The van der Waals surface area contributed by atoms with Crippen LogP contribution in [0, 0.1) is 17.8 Å². The molecule has 0 aromatic heterocycles. The Labute approximate surface area is 131 Å². The summed E-state index contributed by atoms with van der Waals surface area (Å²) in [6.45, 7) is 5.45. The molecule has 0 saturated carbocycles. The second kappa shape index (κ2) is 6.98. The number of hydrogen-bond donors (Lipinski definition) is 1. The van der Waals surface area contributed by atoms with Gasteiger partial charge < -0.3 is 10.6 Å². The van der Waals surface area contributed by atoms with Crippen molar-refractivity contribution in [1.82, 2.24) is 4.90 Å². The summed E-state index contributed by atoms with van der Waals surface area (Å²) in [6.07, 6.45) is 2.11. The molecule has 1 saturated heterocycles. The summed E-state index contributed by atoms with van der Waals surface area (Å²) < 4.78 is 0. The van der Waals surface area contributed by atoms with Crippen LogP contribution in [0.5, 0.6) is 0 Å². The number of halogens is 1. The minimum atomic E-state index is 0.0506. The van der Waals surface area contributed by atoms with E-state index in [0.29, 0.717) is 28.6 Å². The van der Waals surface area contributed by atoms with Gasteiger partial charge >= 0.3 is 0 Å². The first kappa shape index (κ1) is 15.9. The van der Waals surface area contributed by atoms with E-state index in [2.05, 4.69) is 25.7 Å². The molecule has 0 spiro atoms. The normalized spacial score (nSPS) is 21.6. The van der Waals surface area contributed by atoms with E-state index in [0.717, 1.165) is 19.4 Å². The molecule has 2 atom stereocenters. The highest BCUT2D eigenvalue weighted by Gasteiger charge is 2.27. The number of nitrogens with two attached hydrogens (primary N) is 1. The average Bonchev–Trinajstić information content (AvgIpc) is 2.45.